The second-order valence-electron chi connectivity index (χ2n) is 2.43. The van der Waals surface area contributed by atoms with Gasteiger partial charge in [-0.2, -0.15) is 21.6 Å². The molecule has 13 heavy (non-hydrogen) atoms. The summed E-state index contributed by atoms with van der Waals surface area (Å²) in [6, 6.07) is 0. The predicted molar refractivity (Wildman–Crippen MR) is 40.0 cm³/mol. The molecule has 8 heteroatoms. The summed E-state index contributed by atoms with van der Waals surface area (Å²) >= 11 is 0. The largest absolute Gasteiger partial charge is 0.401 e. The van der Waals surface area contributed by atoms with Crippen LogP contribution in [0, 0.1) is 0 Å². The van der Waals surface area contributed by atoms with Gasteiger partial charge in [-0.3, -0.25) is 4.55 Å². The van der Waals surface area contributed by atoms with Crippen molar-refractivity contribution in [1.29, 1.82) is 0 Å². The molecule has 4 nitrogen and oxygen atoms in total. The topological polar surface area (TPSA) is 66.4 Å². The molecule has 0 atom stereocenters. The SMILES string of the molecule is O=S(=O)(O)CCCNCC(F)(F)F. The summed E-state index contributed by atoms with van der Waals surface area (Å²) in [5.74, 6) is -0.530. The standard InChI is InChI=1S/C5H10F3NO3S/c6-5(7,8)4-9-2-1-3-13(10,11)12/h9H,1-4H2,(H,10,11,12). The van der Waals surface area contributed by atoms with Gasteiger partial charge in [0.2, 0.25) is 0 Å². The molecule has 2 N–H and O–H groups in total. The Balaban J connectivity index is 3.39. The van der Waals surface area contributed by atoms with Gasteiger partial charge in [0, 0.05) is 0 Å². The lowest BCUT2D eigenvalue weighted by molar-refractivity contribution is -0.124. The third-order valence-corrected chi connectivity index (χ3v) is 1.89. The second kappa shape index (κ2) is 4.77. The zero-order valence-corrected chi connectivity index (χ0v) is 7.45. The molecule has 0 radical (unpaired) electrons. The lowest BCUT2D eigenvalue weighted by atomic mass is 10.4. The highest BCUT2D eigenvalue weighted by Gasteiger charge is 2.25. The molecule has 0 aromatic heterocycles. The van der Waals surface area contributed by atoms with Gasteiger partial charge in [0.25, 0.3) is 10.1 Å². The highest BCUT2D eigenvalue weighted by atomic mass is 32.2. The van der Waals surface area contributed by atoms with Gasteiger partial charge in [-0.15, -0.1) is 0 Å². The van der Waals surface area contributed by atoms with Gasteiger partial charge >= 0.3 is 6.18 Å². The van der Waals surface area contributed by atoms with Crippen LogP contribution >= 0.6 is 0 Å². The zero-order chi connectivity index (χ0) is 10.5. The monoisotopic (exact) mass is 221 g/mol. The second-order valence-corrected chi connectivity index (χ2v) is 4.00. The van der Waals surface area contributed by atoms with Crippen LogP contribution in [0.15, 0.2) is 0 Å². The van der Waals surface area contributed by atoms with Crippen molar-refractivity contribution < 1.29 is 26.1 Å². The number of rotatable bonds is 5. The first-order valence-corrected chi connectivity index (χ1v) is 5.04. The van der Waals surface area contributed by atoms with E-state index in [0.717, 1.165) is 0 Å². The number of alkyl halides is 3. The predicted octanol–water partition coefficient (Wildman–Crippen LogP) is 0.416. The Morgan fingerprint density at radius 1 is 1.31 bits per heavy atom. The Bertz CT molecular complexity index is 236. The number of nitrogens with one attached hydrogen (secondary N) is 1. The minimum atomic E-state index is -4.29. The molecule has 0 amide bonds. The molecule has 0 unspecified atom stereocenters. The quantitative estimate of drug-likeness (QED) is 0.521. The first-order valence-electron chi connectivity index (χ1n) is 3.43. The van der Waals surface area contributed by atoms with Crippen molar-refractivity contribution in [2.24, 2.45) is 0 Å². The van der Waals surface area contributed by atoms with Crippen molar-refractivity contribution in [1.82, 2.24) is 5.32 Å². The third kappa shape index (κ3) is 11.7. The summed E-state index contributed by atoms with van der Waals surface area (Å²) in [4.78, 5) is 0. The summed E-state index contributed by atoms with van der Waals surface area (Å²) in [5.41, 5.74) is 0. The summed E-state index contributed by atoms with van der Waals surface area (Å²) in [5, 5.41) is 2.00. The van der Waals surface area contributed by atoms with E-state index in [2.05, 4.69) is 0 Å². The van der Waals surface area contributed by atoms with Gasteiger partial charge in [-0.25, -0.2) is 0 Å². The van der Waals surface area contributed by atoms with Crippen LogP contribution in [-0.2, 0) is 10.1 Å². The molecule has 0 fully saturated rings. The van der Waals surface area contributed by atoms with Crippen molar-refractivity contribution >= 4 is 10.1 Å². The molecule has 0 aromatic rings. The maximum Gasteiger partial charge on any atom is 0.401 e. The van der Waals surface area contributed by atoms with Crippen molar-refractivity contribution in [3.63, 3.8) is 0 Å². The summed E-state index contributed by atoms with van der Waals surface area (Å²) in [6.45, 7) is -1.25. The van der Waals surface area contributed by atoms with Gasteiger partial charge in [-0.05, 0) is 13.0 Å². The summed E-state index contributed by atoms with van der Waals surface area (Å²) in [7, 11) is -4.06. The van der Waals surface area contributed by atoms with Crippen LogP contribution in [0.4, 0.5) is 13.2 Å². The first-order chi connectivity index (χ1) is 5.71. The minimum Gasteiger partial charge on any atom is -0.309 e. The maximum atomic E-state index is 11.5. The van der Waals surface area contributed by atoms with Crippen LogP contribution in [0.3, 0.4) is 0 Å². The fourth-order valence-corrected chi connectivity index (χ4v) is 1.12. The molecule has 0 aliphatic heterocycles. The van der Waals surface area contributed by atoms with E-state index < -0.39 is 28.6 Å². The van der Waals surface area contributed by atoms with Crippen molar-refractivity contribution in [3.05, 3.63) is 0 Å². The zero-order valence-electron chi connectivity index (χ0n) is 6.63. The van der Waals surface area contributed by atoms with Gasteiger partial charge in [-0.1, -0.05) is 0 Å². The van der Waals surface area contributed by atoms with Crippen LogP contribution in [-0.4, -0.2) is 38.0 Å². The van der Waals surface area contributed by atoms with Gasteiger partial charge < -0.3 is 5.32 Å². The molecule has 0 saturated carbocycles. The van der Waals surface area contributed by atoms with Crippen LogP contribution in [0.5, 0.6) is 0 Å². The molecule has 0 rings (SSSR count). The molecule has 0 heterocycles. The minimum absolute atomic E-state index is 0.0467. The Morgan fingerprint density at radius 2 is 1.85 bits per heavy atom. The maximum absolute atomic E-state index is 11.5. The van der Waals surface area contributed by atoms with Crippen LogP contribution in [0.2, 0.25) is 0 Å². The smallest absolute Gasteiger partial charge is 0.309 e. The van der Waals surface area contributed by atoms with Gasteiger partial charge in [0.15, 0.2) is 0 Å². The van der Waals surface area contributed by atoms with E-state index in [1.807, 2.05) is 5.32 Å². The molecule has 0 spiro atoms. The highest BCUT2D eigenvalue weighted by molar-refractivity contribution is 7.85. The van der Waals surface area contributed by atoms with E-state index in [-0.39, 0.29) is 13.0 Å². The molecule has 0 aromatic carbocycles. The van der Waals surface area contributed by atoms with E-state index in [4.69, 9.17) is 4.55 Å². The third-order valence-electron chi connectivity index (χ3n) is 1.08. The van der Waals surface area contributed by atoms with Crippen LogP contribution in [0.1, 0.15) is 6.42 Å². The van der Waals surface area contributed by atoms with Crippen LogP contribution < -0.4 is 5.32 Å². The fraction of sp³-hybridized carbons (Fsp3) is 1.00. The number of hydrogen-bond donors (Lipinski definition) is 2. The van der Waals surface area contributed by atoms with Crippen molar-refractivity contribution in [2.45, 2.75) is 12.6 Å². The lowest BCUT2D eigenvalue weighted by Crippen LogP contribution is -2.30. The summed E-state index contributed by atoms with van der Waals surface area (Å²) < 4.78 is 62.9. The Morgan fingerprint density at radius 3 is 2.23 bits per heavy atom. The van der Waals surface area contributed by atoms with Gasteiger partial charge in [0.05, 0.1) is 12.3 Å². The molecular weight excluding hydrogens is 211 g/mol. The van der Waals surface area contributed by atoms with Crippen molar-refractivity contribution in [3.8, 4) is 0 Å². The number of halogens is 3. The first kappa shape index (κ1) is 12.7. The summed E-state index contributed by atoms with van der Waals surface area (Å²) in [6.07, 6.45) is -4.34. The molecule has 0 bridgehead atoms. The van der Waals surface area contributed by atoms with E-state index in [9.17, 15) is 21.6 Å². The van der Waals surface area contributed by atoms with E-state index in [1.54, 1.807) is 0 Å². The van der Waals surface area contributed by atoms with Gasteiger partial charge in [0.1, 0.15) is 0 Å². The normalized spacial score (nSPS) is 13.2. The Hall–Kier alpha value is -0.340. The van der Waals surface area contributed by atoms with Crippen molar-refractivity contribution in [2.75, 3.05) is 18.8 Å². The van der Waals surface area contributed by atoms with E-state index in [1.165, 1.54) is 0 Å². The average Bonchev–Trinajstić information content (AvgIpc) is 1.81. The average molecular weight is 221 g/mol. The molecule has 0 saturated heterocycles. The molecule has 80 valence electrons. The van der Waals surface area contributed by atoms with E-state index in [0.29, 0.717) is 0 Å². The van der Waals surface area contributed by atoms with Crippen LogP contribution in [0.25, 0.3) is 0 Å². The number of hydrogen-bond acceptors (Lipinski definition) is 3. The molecule has 0 aliphatic rings. The molecular formula is C5H10F3NO3S. The highest BCUT2D eigenvalue weighted by Crippen LogP contribution is 2.11. The Kier molecular flexibility index (Phi) is 4.65. The molecule has 0 aliphatic carbocycles. The van der Waals surface area contributed by atoms with E-state index >= 15 is 0 Å². The Labute approximate surface area is 73.9 Å². The fourth-order valence-electron chi connectivity index (χ4n) is 0.610. The lowest BCUT2D eigenvalue weighted by Gasteiger charge is -2.06.